The van der Waals surface area contributed by atoms with Crippen molar-refractivity contribution in [3.63, 3.8) is 0 Å². The lowest BCUT2D eigenvalue weighted by Crippen LogP contribution is -2.23. The first kappa shape index (κ1) is 14.2. The molecule has 0 N–H and O–H groups in total. The average Bonchev–Trinajstić information content (AvgIpc) is 2.30. The van der Waals surface area contributed by atoms with Crippen molar-refractivity contribution in [2.24, 2.45) is 5.41 Å². The fourth-order valence-electron chi connectivity index (χ4n) is 1.51. The third-order valence-corrected chi connectivity index (χ3v) is 3.32. The summed E-state index contributed by atoms with van der Waals surface area (Å²) in [7, 11) is 2.09. The molecule has 0 fully saturated rings. The molecule has 0 amide bonds. The van der Waals surface area contributed by atoms with Gasteiger partial charge in [-0.2, -0.15) is 5.26 Å². The minimum absolute atomic E-state index is 0.228. The number of halogens is 1. The van der Waals surface area contributed by atoms with Gasteiger partial charge in [0.25, 0.3) is 0 Å². The molecule has 0 atom stereocenters. The Morgan fingerprint density at radius 1 is 1.29 bits per heavy atom. The Bertz CT molecular complexity index is 390. The Hall–Kier alpha value is -0.850. The summed E-state index contributed by atoms with van der Waals surface area (Å²) in [5.41, 5.74) is 1.07. The van der Waals surface area contributed by atoms with Gasteiger partial charge in [0.05, 0.1) is 11.5 Å². The van der Waals surface area contributed by atoms with Crippen molar-refractivity contribution in [1.82, 2.24) is 4.90 Å². The van der Waals surface area contributed by atoms with Crippen LogP contribution in [0.4, 0.5) is 0 Å². The van der Waals surface area contributed by atoms with Crippen LogP contribution in [0.1, 0.15) is 25.8 Å². The van der Waals surface area contributed by atoms with Crippen LogP contribution in [0.2, 0.25) is 0 Å². The molecule has 0 spiro atoms. The molecule has 0 bridgehead atoms. The highest BCUT2D eigenvalue weighted by atomic mass is 79.9. The van der Waals surface area contributed by atoms with Gasteiger partial charge in [0, 0.05) is 11.0 Å². The van der Waals surface area contributed by atoms with E-state index >= 15 is 0 Å². The topological polar surface area (TPSA) is 27.0 Å². The van der Waals surface area contributed by atoms with Gasteiger partial charge in [0.15, 0.2) is 0 Å². The molecule has 2 nitrogen and oxygen atoms in total. The van der Waals surface area contributed by atoms with Gasteiger partial charge < -0.3 is 4.90 Å². The van der Waals surface area contributed by atoms with E-state index in [0.717, 1.165) is 24.0 Å². The van der Waals surface area contributed by atoms with Gasteiger partial charge in [-0.05, 0) is 51.6 Å². The SMILES string of the molecule is CN(CCC(C)(C)C#N)Cc1ccc(Br)cc1. The van der Waals surface area contributed by atoms with Gasteiger partial charge in [-0.3, -0.25) is 0 Å². The van der Waals surface area contributed by atoms with Crippen LogP contribution in [-0.4, -0.2) is 18.5 Å². The molecule has 0 unspecified atom stereocenters. The molecule has 1 aromatic carbocycles. The smallest absolute Gasteiger partial charge is 0.0684 e. The Morgan fingerprint density at radius 2 is 1.88 bits per heavy atom. The molecule has 92 valence electrons. The minimum Gasteiger partial charge on any atom is -0.302 e. The van der Waals surface area contributed by atoms with Crippen molar-refractivity contribution >= 4 is 15.9 Å². The van der Waals surface area contributed by atoms with Crippen LogP contribution < -0.4 is 0 Å². The predicted molar refractivity (Wildman–Crippen MR) is 74.5 cm³/mol. The molecule has 0 saturated carbocycles. The van der Waals surface area contributed by atoms with E-state index in [2.05, 4.69) is 58.2 Å². The van der Waals surface area contributed by atoms with E-state index in [1.54, 1.807) is 0 Å². The molecular formula is C14H19BrN2. The zero-order valence-corrected chi connectivity index (χ0v) is 12.3. The molecule has 1 aromatic rings. The second-order valence-electron chi connectivity index (χ2n) is 5.11. The lowest BCUT2D eigenvalue weighted by Gasteiger charge is -2.21. The van der Waals surface area contributed by atoms with E-state index in [1.165, 1.54) is 5.56 Å². The van der Waals surface area contributed by atoms with Gasteiger partial charge >= 0.3 is 0 Å². The maximum absolute atomic E-state index is 8.95. The van der Waals surface area contributed by atoms with Gasteiger partial charge in [-0.1, -0.05) is 28.1 Å². The summed E-state index contributed by atoms with van der Waals surface area (Å²) in [6, 6.07) is 10.7. The lowest BCUT2D eigenvalue weighted by molar-refractivity contribution is 0.280. The number of nitrogens with zero attached hydrogens (tertiary/aromatic N) is 2. The molecule has 0 aromatic heterocycles. The summed E-state index contributed by atoms with van der Waals surface area (Å²) in [6.07, 6.45) is 0.899. The van der Waals surface area contributed by atoms with E-state index in [1.807, 2.05) is 13.8 Å². The molecule has 17 heavy (non-hydrogen) atoms. The molecule has 0 aliphatic carbocycles. The summed E-state index contributed by atoms with van der Waals surface area (Å²) in [5, 5.41) is 8.95. The second kappa shape index (κ2) is 6.18. The number of hydrogen-bond donors (Lipinski definition) is 0. The van der Waals surface area contributed by atoms with E-state index in [0.29, 0.717) is 0 Å². The number of rotatable bonds is 5. The second-order valence-corrected chi connectivity index (χ2v) is 6.03. The normalized spacial score (nSPS) is 11.5. The van der Waals surface area contributed by atoms with Gasteiger partial charge in [0.2, 0.25) is 0 Å². The number of hydrogen-bond acceptors (Lipinski definition) is 2. The minimum atomic E-state index is -0.228. The molecule has 0 aliphatic heterocycles. The van der Waals surface area contributed by atoms with Gasteiger partial charge in [-0.25, -0.2) is 0 Å². The van der Waals surface area contributed by atoms with Crippen molar-refractivity contribution < 1.29 is 0 Å². The fraction of sp³-hybridized carbons (Fsp3) is 0.500. The molecule has 0 radical (unpaired) electrons. The molecular weight excluding hydrogens is 276 g/mol. The highest BCUT2D eigenvalue weighted by Gasteiger charge is 2.16. The monoisotopic (exact) mass is 294 g/mol. The summed E-state index contributed by atoms with van der Waals surface area (Å²) in [6.45, 7) is 5.84. The first-order valence-corrected chi connectivity index (χ1v) is 6.56. The zero-order chi connectivity index (χ0) is 12.9. The third-order valence-electron chi connectivity index (χ3n) is 2.79. The van der Waals surface area contributed by atoms with Crippen molar-refractivity contribution in [2.75, 3.05) is 13.6 Å². The number of nitriles is 1. The Morgan fingerprint density at radius 3 is 2.41 bits per heavy atom. The Balaban J connectivity index is 2.43. The van der Waals surface area contributed by atoms with E-state index < -0.39 is 0 Å². The molecule has 0 saturated heterocycles. The van der Waals surface area contributed by atoms with Crippen LogP contribution >= 0.6 is 15.9 Å². The van der Waals surface area contributed by atoms with E-state index in [9.17, 15) is 0 Å². The molecule has 3 heteroatoms. The summed E-state index contributed by atoms with van der Waals surface area (Å²) >= 11 is 3.43. The molecule has 0 aliphatic rings. The maximum atomic E-state index is 8.95. The van der Waals surface area contributed by atoms with Crippen LogP contribution in [0.25, 0.3) is 0 Å². The van der Waals surface area contributed by atoms with Crippen molar-refractivity contribution in [3.05, 3.63) is 34.3 Å². The summed E-state index contributed by atoms with van der Waals surface area (Å²) in [5.74, 6) is 0. The predicted octanol–water partition coefficient (Wildman–Crippen LogP) is 3.82. The Labute approximate surface area is 112 Å². The largest absolute Gasteiger partial charge is 0.302 e. The first-order chi connectivity index (χ1) is 7.93. The van der Waals surface area contributed by atoms with Crippen molar-refractivity contribution in [1.29, 1.82) is 5.26 Å². The van der Waals surface area contributed by atoms with Gasteiger partial charge in [-0.15, -0.1) is 0 Å². The van der Waals surface area contributed by atoms with Crippen molar-refractivity contribution in [3.8, 4) is 6.07 Å². The third kappa shape index (κ3) is 5.34. The lowest BCUT2D eigenvalue weighted by atomic mass is 9.91. The fourth-order valence-corrected chi connectivity index (χ4v) is 1.77. The maximum Gasteiger partial charge on any atom is 0.0684 e. The highest BCUT2D eigenvalue weighted by molar-refractivity contribution is 9.10. The number of benzene rings is 1. The van der Waals surface area contributed by atoms with Crippen LogP contribution in [0.5, 0.6) is 0 Å². The van der Waals surface area contributed by atoms with E-state index in [4.69, 9.17) is 5.26 Å². The average molecular weight is 295 g/mol. The molecule has 1 rings (SSSR count). The molecule has 0 heterocycles. The summed E-state index contributed by atoms with van der Waals surface area (Å²) in [4.78, 5) is 2.25. The van der Waals surface area contributed by atoms with E-state index in [-0.39, 0.29) is 5.41 Å². The standard InChI is InChI=1S/C14H19BrN2/c1-14(2,11-16)8-9-17(3)10-12-4-6-13(15)7-5-12/h4-7H,8-10H2,1-3H3. The quantitative estimate of drug-likeness (QED) is 0.825. The zero-order valence-electron chi connectivity index (χ0n) is 10.7. The van der Waals surface area contributed by atoms with Crippen LogP contribution in [0.15, 0.2) is 28.7 Å². The van der Waals surface area contributed by atoms with Gasteiger partial charge in [0.1, 0.15) is 0 Å². The van der Waals surface area contributed by atoms with Crippen LogP contribution in [0.3, 0.4) is 0 Å². The summed E-state index contributed by atoms with van der Waals surface area (Å²) < 4.78 is 1.11. The van der Waals surface area contributed by atoms with Crippen LogP contribution in [0, 0.1) is 16.7 Å². The first-order valence-electron chi connectivity index (χ1n) is 5.77. The van der Waals surface area contributed by atoms with Crippen LogP contribution in [-0.2, 0) is 6.54 Å². The Kier molecular flexibility index (Phi) is 5.17. The van der Waals surface area contributed by atoms with Crippen molar-refractivity contribution in [2.45, 2.75) is 26.8 Å². The highest BCUT2D eigenvalue weighted by Crippen LogP contribution is 2.19.